The third-order valence-corrected chi connectivity index (χ3v) is 3.99. The van der Waals surface area contributed by atoms with Gasteiger partial charge < -0.3 is 10.0 Å². The molecule has 0 radical (unpaired) electrons. The zero-order valence-corrected chi connectivity index (χ0v) is 13.6. The molecule has 0 fully saturated rings. The highest BCUT2D eigenvalue weighted by atomic mass is 35.5. The van der Waals surface area contributed by atoms with Crippen LogP contribution in [0.1, 0.15) is 29.2 Å². The molecule has 0 aliphatic heterocycles. The van der Waals surface area contributed by atoms with Crippen molar-refractivity contribution in [3.63, 3.8) is 0 Å². The van der Waals surface area contributed by atoms with Crippen molar-refractivity contribution >= 4 is 17.3 Å². The first-order chi connectivity index (χ1) is 9.97. The number of halogens is 1. The van der Waals surface area contributed by atoms with Crippen molar-refractivity contribution in [3.05, 3.63) is 64.2 Å². The number of aliphatic hydroxyl groups is 1. The van der Waals surface area contributed by atoms with Crippen LogP contribution in [-0.2, 0) is 0 Å². The van der Waals surface area contributed by atoms with Crippen LogP contribution < -0.4 is 4.90 Å². The maximum absolute atomic E-state index is 10.3. The molecule has 0 heterocycles. The van der Waals surface area contributed by atoms with Gasteiger partial charge in [0.1, 0.15) is 0 Å². The molecule has 2 nitrogen and oxygen atoms in total. The van der Waals surface area contributed by atoms with Gasteiger partial charge in [0.05, 0.1) is 6.10 Å². The van der Waals surface area contributed by atoms with E-state index in [0.29, 0.717) is 11.4 Å². The Morgan fingerprint density at radius 3 is 2.33 bits per heavy atom. The minimum atomic E-state index is -0.535. The maximum atomic E-state index is 10.3. The van der Waals surface area contributed by atoms with Gasteiger partial charge in [-0.15, -0.1) is 0 Å². The largest absolute Gasteiger partial charge is 0.388 e. The first-order valence-corrected chi connectivity index (χ1v) is 7.57. The smallest absolute Gasteiger partial charge is 0.0821 e. The lowest BCUT2D eigenvalue weighted by Crippen LogP contribution is -2.20. The highest BCUT2D eigenvalue weighted by Crippen LogP contribution is 2.26. The van der Waals surface area contributed by atoms with Gasteiger partial charge in [0.15, 0.2) is 0 Å². The van der Waals surface area contributed by atoms with Crippen molar-refractivity contribution in [2.24, 2.45) is 0 Å². The summed E-state index contributed by atoms with van der Waals surface area (Å²) in [4.78, 5) is 2.17. The van der Waals surface area contributed by atoms with Crippen molar-refractivity contribution in [2.45, 2.75) is 26.4 Å². The molecule has 3 heteroatoms. The van der Waals surface area contributed by atoms with Crippen LogP contribution in [0.25, 0.3) is 0 Å². The van der Waals surface area contributed by atoms with Crippen LogP contribution in [0.5, 0.6) is 0 Å². The van der Waals surface area contributed by atoms with Gasteiger partial charge in [-0.05, 0) is 55.2 Å². The van der Waals surface area contributed by atoms with Gasteiger partial charge >= 0.3 is 0 Å². The van der Waals surface area contributed by atoms with E-state index in [-0.39, 0.29) is 0 Å². The molecule has 1 atom stereocenters. The summed E-state index contributed by atoms with van der Waals surface area (Å²) < 4.78 is 0. The monoisotopic (exact) mass is 303 g/mol. The number of aliphatic hydroxyl groups excluding tert-OH is 1. The number of nitrogens with zero attached hydrogens (tertiary/aromatic N) is 1. The molecule has 1 N–H and O–H groups in total. The second-order valence-corrected chi connectivity index (χ2v) is 6.00. The molecular formula is C18H22ClNO. The normalized spacial score (nSPS) is 12.2. The molecule has 0 aromatic heterocycles. The second kappa shape index (κ2) is 6.97. The number of benzene rings is 2. The molecule has 2 rings (SSSR count). The van der Waals surface area contributed by atoms with E-state index in [1.807, 2.05) is 31.3 Å². The first kappa shape index (κ1) is 15.9. The zero-order chi connectivity index (χ0) is 15.4. The molecule has 0 bridgehead atoms. The van der Waals surface area contributed by atoms with E-state index < -0.39 is 6.10 Å². The van der Waals surface area contributed by atoms with Gasteiger partial charge in [-0.2, -0.15) is 0 Å². The summed E-state index contributed by atoms with van der Waals surface area (Å²) in [5.41, 5.74) is 4.49. The van der Waals surface area contributed by atoms with Crippen molar-refractivity contribution in [2.75, 3.05) is 18.5 Å². The predicted molar refractivity (Wildman–Crippen MR) is 90.2 cm³/mol. The van der Waals surface area contributed by atoms with Gasteiger partial charge in [0.2, 0.25) is 0 Å². The number of rotatable bonds is 5. The number of hydrogen-bond donors (Lipinski definition) is 1. The lowest BCUT2D eigenvalue weighted by atomic mass is 10.1. The number of aryl methyl sites for hydroxylation is 2. The topological polar surface area (TPSA) is 23.5 Å². The molecule has 112 valence electrons. The van der Waals surface area contributed by atoms with Crippen molar-refractivity contribution in [3.8, 4) is 0 Å². The average molecular weight is 304 g/mol. The summed E-state index contributed by atoms with van der Waals surface area (Å²) in [5.74, 6) is 0. The van der Waals surface area contributed by atoms with E-state index in [1.165, 1.54) is 16.8 Å². The van der Waals surface area contributed by atoms with Crippen LogP contribution in [0, 0.1) is 13.8 Å². The fourth-order valence-electron chi connectivity index (χ4n) is 2.52. The second-order valence-electron chi connectivity index (χ2n) is 5.59. The Hall–Kier alpha value is -1.51. The Balaban J connectivity index is 2.00. The molecule has 1 unspecified atom stereocenters. The summed E-state index contributed by atoms with van der Waals surface area (Å²) in [7, 11) is 2.05. The van der Waals surface area contributed by atoms with Crippen LogP contribution in [0.3, 0.4) is 0 Å². The van der Waals surface area contributed by atoms with Crippen molar-refractivity contribution in [1.82, 2.24) is 0 Å². The molecule has 0 saturated heterocycles. The molecule has 2 aromatic rings. The van der Waals surface area contributed by atoms with Gasteiger partial charge in [-0.25, -0.2) is 0 Å². The maximum Gasteiger partial charge on any atom is 0.0821 e. The van der Waals surface area contributed by atoms with Gasteiger partial charge in [0.25, 0.3) is 0 Å². The molecule has 0 saturated carbocycles. The molecule has 2 aromatic carbocycles. The summed E-state index contributed by atoms with van der Waals surface area (Å²) in [6.45, 7) is 4.97. The van der Waals surface area contributed by atoms with Crippen molar-refractivity contribution < 1.29 is 5.11 Å². The Bertz CT molecular complexity index is 592. The Morgan fingerprint density at radius 1 is 1.10 bits per heavy atom. The zero-order valence-electron chi connectivity index (χ0n) is 12.8. The van der Waals surface area contributed by atoms with Crippen LogP contribution in [0.15, 0.2) is 42.5 Å². The predicted octanol–water partition coefficient (Wildman–Crippen LogP) is 4.52. The average Bonchev–Trinajstić information content (AvgIpc) is 2.43. The van der Waals surface area contributed by atoms with Crippen molar-refractivity contribution in [1.29, 1.82) is 0 Å². The minimum absolute atomic E-state index is 0.535. The van der Waals surface area contributed by atoms with Crippen LogP contribution in [-0.4, -0.2) is 18.7 Å². The Labute approximate surface area is 132 Å². The fraction of sp³-hybridized carbons (Fsp3) is 0.333. The van der Waals surface area contributed by atoms with E-state index in [0.717, 1.165) is 12.1 Å². The quantitative estimate of drug-likeness (QED) is 0.878. The molecule has 21 heavy (non-hydrogen) atoms. The van der Waals surface area contributed by atoms with E-state index in [2.05, 4.69) is 36.9 Å². The third kappa shape index (κ3) is 4.23. The standard InChI is InChI=1S/C18H22ClNO/c1-13-10-14(2)12-15(11-13)20(3)9-8-18(21)16-6-4-5-7-17(16)19/h4-7,10-12,18,21H,8-9H2,1-3H3. The first-order valence-electron chi connectivity index (χ1n) is 7.19. The highest BCUT2D eigenvalue weighted by molar-refractivity contribution is 6.31. The molecule has 0 aliphatic rings. The third-order valence-electron chi connectivity index (χ3n) is 3.65. The number of anilines is 1. The van der Waals surface area contributed by atoms with Gasteiger partial charge in [0, 0.05) is 24.3 Å². The Kier molecular flexibility index (Phi) is 5.27. The molecule has 0 amide bonds. The van der Waals surface area contributed by atoms with Gasteiger partial charge in [-0.1, -0.05) is 35.9 Å². The molecule has 0 spiro atoms. The van der Waals surface area contributed by atoms with Gasteiger partial charge in [-0.3, -0.25) is 0 Å². The SMILES string of the molecule is Cc1cc(C)cc(N(C)CCC(O)c2ccccc2Cl)c1. The van der Waals surface area contributed by atoms with E-state index >= 15 is 0 Å². The van der Waals surface area contributed by atoms with E-state index in [1.54, 1.807) is 0 Å². The van der Waals surface area contributed by atoms with Crippen LogP contribution in [0.4, 0.5) is 5.69 Å². The van der Waals surface area contributed by atoms with Crippen LogP contribution in [0.2, 0.25) is 5.02 Å². The Morgan fingerprint density at radius 2 is 1.71 bits per heavy atom. The minimum Gasteiger partial charge on any atom is -0.388 e. The highest BCUT2D eigenvalue weighted by Gasteiger charge is 2.12. The summed E-state index contributed by atoms with van der Waals surface area (Å²) >= 11 is 6.12. The van der Waals surface area contributed by atoms with Crippen LogP contribution >= 0.6 is 11.6 Å². The lowest BCUT2D eigenvalue weighted by Gasteiger charge is -2.22. The summed E-state index contributed by atoms with van der Waals surface area (Å²) in [5, 5.41) is 10.9. The number of hydrogen-bond acceptors (Lipinski definition) is 2. The summed E-state index contributed by atoms with van der Waals surface area (Å²) in [6.07, 6.45) is 0.111. The van der Waals surface area contributed by atoms with E-state index in [4.69, 9.17) is 11.6 Å². The molecule has 0 aliphatic carbocycles. The van der Waals surface area contributed by atoms with E-state index in [9.17, 15) is 5.11 Å². The fourth-order valence-corrected chi connectivity index (χ4v) is 2.78. The molecular weight excluding hydrogens is 282 g/mol. The summed E-state index contributed by atoms with van der Waals surface area (Å²) in [6, 6.07) is 14.0. The lowest BCUT2D eigenvalue weighted by molar-refractivity contribution is 0.170.